The summed E-state index contributed by atoms with van der Waals surface area (Å²) in [5.74, 6) is 2.19. The van der Waals surface area contributed by atoms with Crippen LogP contribution in [0.25, 0.3) is 0 Å². The van der Waals surface area contributed by atoms with E-state index in [-0.39, 0.29) is 39.4 Å². The Kier molecular flexibility index (Phi) is 5.14. The van der Waals surface area contributed by atoms with E-state index in [1.54, 1.807) is 13.8 Å². The Morgan fingerprint density at radius 3 is 2.70 bits per heavy atom. The Bertz CT molecular complexity index is 794. The van der Waals surface area contributed by atoms with Gasteiger partial charge < -0.3 is 9.57 Å². The highest BCUT2D eigenvalue weighted by Gasteiger charge is 2.36. The van der Waals surface area contributed by atoms with Gasteiger partial charge in [0.25, 0.3) is 0 Å². The van der Waals surface area contributed by atoms with E-state index in [0.717, 1.165) is 0 Å². The van der Waals surface area contributed by atoms with Gasteiger partial charge in [-0.3, -0.25) is 0 Å². The fourth-order valence-corrected chi connectivity index (χ4v) is 4.04. The lowest BCUT2D eigenvalue weighted by Crippen LogP contribution is -2.23. The minimum absolute atomic E-state index is 0.0118. The molecule has 0 unspecified atom stereocenters. The predicted octanol–water partition coefficient (Wildman–Crippen LogP) is 3.43. The highest BCUT2D eigenvalue weighted by molar-refractivity contribution is 8.05. The molecule has 1 aliphatic heterocycles. The number of hydrogen-bond donors (Lipinski definition) is 0. The van der Waals surface area contributed by atoms with Crippen LogP contribution in [0.5, 0.6) is 5.75 Å². The molecule has 1 aromatic rings. The normalized spacial score (nSPS) is 16.4. The molecule has 0 N–H and O–H groups in total. The monoisotopic (exact) mass is 375 g/mol. The Labute approximate surface area is 145 Å². The first-order valence-corrected chi connectivity index (χ1v) is 9.08. The quantitative estimate of drug-likeness (QED) is 0.756. The second-order valence-electron chi connectivity index (χ2n) is 5.60. The zero-order chi connectivity index (χ0) is 17.3. The van der Waals surface area contributed by atoms with Crippen molar-refractivity contribution in [2.24, 2.45) is 5.16 Å². The summed E-state index contributed by atoms with van der Waals surface area (Å²) in [4.78, 5) is 5.12. The maximum absolute atomic E-state index is 12.6. The van der Waals surface area contributed by atoms with Gasteiger partial charge in [-0.05, 0) is 26.0 Å². The molecule has 124 valence electrons. The van der Waals surface area contributed by atoms with E-state index in [4.69, 9.17) is 39.2 Å². The van der Waals surface area contributed by atoms with Crippen LogP contribution in [-0.4, -0.2) is 25.7 Å². The summed E-state index contributed by atoms with van der Waals surface area (Å²) in [5.41, 5.74) is -0.398. The first-order chi connectivity index (χ1) is 10.7. The van der Waals surface area contributed by atoms with Crippen molar-refractivity contribution in [3.05, 3.63) is 27.7 Å². The van der Waals surface area contributed by atoms with Crippen LogP contribution in [0.1, 0.15) is 25.8 Å². The third-order valence-electron chi connectivity index (χ3n) is 3.13. The first-order valence-electron chi connectivity index (χ1n) is 6.67. The second kappa shape index (κ2) is 6.60. The zero-order valence-electron chi connectivity index (χ0n) is 12.6. The summed E-state index contributed by atoms with van der Waals surface area (Å²) in [6.07, 6.45) is 5.35. The van der Waals surface area contributed by atoms with Gasteiger partial charge >= 0.3 is 0 Å². The standard InChI is InChI=1S/C15H15Cl2NO4S/c1-4-7-21-12-6-5-11(16)14(17)10(12)9-23(19,20)13-8-15(2,3)22-18-13/h1,5-6H,7-9H2,2-3H3. The number of benzene rings is 1. The molecular formula is C15H15Cl2NO4S. The molecule has 0 saturated heterocycles. The molecule has 5 nitrogen and oxygen atoms in total. The van der Waals surface area contributed by atoms with Gasteiger partial charge in [0.15, 0.2) is 14.9 Å². The maximum atomic E-state index is 12.6. The highest BCUT2D eigenvalue weighted by Crippen LogP contribution is 2.36. The van der Waals surface area contributed by atoms with Crippen LogP contribution >= 0.6 is 23.2 Å². The number of oxime groups is 1. The van der Waals surface area contributed by atoms with Crippen LogP contribution in [0.4, 0.5) is 0 Å². The molecule has 0 spiro atoms. The molecule has 0 saturated carbocycles. The lowest BCUT2D eigenvalue weighted by molar-refractivity contribution is 0.0123. The van der Waals surface area contributed by atoms with Gasteiger partial charge in [0, 0.05) is 12.0 Å². The van der Waals surface area contributed by atoms with Crippen molar-refractivity contribution in [3.8, 4) is 18.1 Å². The SMILES string of the molecule is C#CCOc1ccc(Cl)c(Cl)c1CS(=O)(=O)C1=NOC(C)(C)C1. The highest BCUT2D eigenvalue weighted by atomic mass is 35.5. The van der Waals surface area contributed by atoms with Gasteiger partial charge in [-0.15, -0.1) is 6.42 Å². The summed E-state index contributed by atoms with van der Waals surface area (Å²) in [5, 5.41) is 4.00. The molecule has 1 aromatic carbocycles. The summed E-state index contributed by atoms with van der Waals surface area (Å²) >= 11 is 12.1. The molecule has 23 heavy (non-hydrogen) atoms. The summed E-state index contributed by atoms with van der Waals surface area (Å²) in [7, 11) is -3.72. The van der Waals surface area contributed by atoms with Gasteiger partial charge in [-0.25, -0.2) is 8.42 Å². The van der Waals surface area contributed by atoms with Crippen molar-refractivity contribution in [3.63, 3.8) is 0 Å². The number of nitrogens with zero attached hydrogens (tertiary/aromatic N) is 1. The van der Waals surface area contributed by atoms with Gasteiger partial charge in [0.05, 0.1) is 15.8 Å². The third-order valence-corrected chi connectivity index (χ3v) is 5.58. The number of hydrogen-bond acceptors (Lipinski definition) is 5. The van der Waals surface area contributed by atoms with Crippen molar-refractivity contribution in [2.75, 3.05) is 6.61 Å². The molecule has 0 aliphatic carbocycles. The fraction of sp³-hybridized carbons (Fsp3) is 0.400. The molecular weight excluding hydrogens is 361 g/mol. The Morgan fingerprint density at radius 2 is 2.13 bits per heavy atom. The Balaban J connectivity index is 2.36. The van der Waals surface area contributed by atoms with E-state index in [9.17, 15) is 8.42 Å². The molecule has 0 bridgehead atoms. The van der Waals surface area contributed by atoms with Crippen LogP contribution in [0.2, 0.25) is 10.0 Å². The number of halogens is 2. The van der Waals surface area contributed by atoms with Crippen LogP contribution in [0.15, 0.2) is 17.3 Å². The average Bonchev–Trinajstić information content (AvgIpc) is 2.84. The number of sulfone groups is 1. The molecule has 0 radical (unpaired) electrons. The lowest BCUT2D eigenvalue weighted by atomic mass is 10.1. The van der Waals surface area contributed by atoms with Gasteiger partial charge in [0.2, 0.25) is 0 Å². The maximum Gasteiger partial charge on any atom is 0.199 e. The summed E-state index contributed by atoms with van der Waals surface area (Å²) < 4.78 is 30.5. The van der Waals surface area contributed by atoms with Crippen LogP contribution < -0.4 is 4.74 Å². The topological polar surface area (TPSA) is 65.0 Å². The Morgan fingerprint density at radius 1 is 1.43 bits per heavy atom. The minimum atomic E-state index is -3.72. The van der Waals surface area contributed by atoms with Gasteiger partial charge in [-0.2, -0.15) is 0 Å². The van der Waals surface area contributed by atoms with E-state index in [1.165, 1.54) is 12.1 Å². The Hall–Kier alpha value is -1.42. The summed E-state index contributed by atoms with van der Waals surface area (Å²) in [6.45, 7) is 3.50. The number of terminal acetylenes is 1. The van der Waals surface area contributed by atoms with Gasteiger partial charge in [0.1, 0.15) is 18.0 Å². The van der Waals surface area contributed by atoms with E-state index < -0.39 is 21.2 Å². The average molecular weight is 376 g/mol. The fourth-order valence-electron chi connectivity index (χ4n) is 2.01. The lowest BCUT2D eigenvalue weighted by Gasteiger charge is -2.14. The molecule has 0 fully saturated rings. The van der Waals surface area contributed by atoms with Crippen molar-refractivity contribution in [1.29, 1.82) is 0 Å². The van der Waals surface area contributed by atoms with E-state index in [2.05, 4.69) is 11.1 Å². The smallest absolute Gasteiger partial charge is 0.199 e. The molecule has 1 aliphatic rings. The van der Waals surface area contributed by atoms with E-state index in [1.807, 2.05) is 0 Å². The summed E-state index contributed by atoms with van der Waals surface area (Å²) in [6, 6.07) is 3.05. The second-order valence-corrected chi connectivity index (χ2v) is 8.38. The van der Waals surface area contributed by atoms with E-state index in [0.29, 0.717) is 0 Å². The van der Waals surface area contributed by atoms with Gasteiger partial charge in [-0.1, -0.05) is 34.3 Å². The van der Waals surface area contributed by atoms with Crippen LogP contribution in [0.3, 0.4) is 0 Å². The molecule has 0 amide bonds. The third kappa shape index (κ3) is 4.11. The van der Waals surface area contributed by atoms with Crippen molar-refractivity contribution in [2.45, 2.75) is 31.6 Å². The van der Waals surface area contributed by atoms with E-state index >= 15 is 0 Å². The molecule has 0 aromatic heterocycles. The van der Waals surface area contributed by atoms with Crippen LogP contribution in [-0.2, 0) is 20.4 Å². The first kappa shape index (κ1) is 17.9. The molecule has 1 heterocycles. The largest absolute Gasteiger partial charge is 0.481 e. The number of ether oxygens (including phenoxy) is 1. The number of rotatable bonds is 4. The zero-order valence-corrected chi connectivity index (χ0v) is 14.9. The van der Waals surface area contributed by atoms with Crippen molar-refractivity contribution in [1.82, 2.24) is 0 Å². The van der Waals surface area contributed by atoms with Crippen LogP contribution in [0, 0.1) is 12.3 Å². The van der Waals surface area contributed by atoms with Crippen molar-refractivity contribution >= 4 is 38.1 Å². The minimum Gasteiger partial charge on any atom is -0.481 e. The van der Waals surface area contributed by atoms with Crippen molar-refractivity contribution < 1.29 is 18.0 Å². The predicted molar refractivity (Wildman–Crippen MR) is 90.6 cm³/mol. The molecule has 2 rings (SSSR count). The molecule has 8 heteroatoms. The molecule has 0 atom stereocenters.